The SMILES string of the molecule is CC(C)[C@@H](NC(=O)c1ccccc1)C(=O)OCC(=O)Nc1ccc(Cl)cc1C(F)(F)F. The van der Waals surface area contributed by atoms with Gasteiger partial charge in [0, 0.05) is 10.6 Å². The highest BCUT2D eigenvalue weighted by molar-refractivity contribution is 6.30. The van der Waals surface area contributed by atoms with E-state index in [-0.39, 0.29) is 10.9 Å². The summed E-state index contributed by atoms with van der Waals surface area (Å²) in [4.78, 5) is 36.7. The summed E-state index contributed by atoms with van der Waals surface area (Å²) in [6, 6.07) is 10.00. The van der Waals surface area contributed by atoms with Gasteiger partial charge in [-0.15, -0.1) is 0 Å². The fourth-order valence-corrected chi connectivity index (χ4v) is 2.76. The first-order valence-corrected chi connectivity index (χ1v) is 9.56. The fraction of sp³-hybridized carbons (Fsp3) is 0.286. The van der Waals surface area contributed by atoms with Crippen LogP contribution in [0.4, 0.5) is 18.9 Å². The van der Waals surface area contributed by atoms with E-state index in [4.69, 9.17) is 16.3 Å². The lowest BCUT2D eigenvalue weighted by molar-refractivity contribution is -0.150. The molecule has 0 saturated heterocycles. The van der Waals surface area contributed by atoms with Gasteiger partial charge in [-0.1, -0.05) is 43.6 Å². The van der Waals surface area contributed by atoms with Crippen molar-refractivity contribution >= 4 is 35.1 Å². The molecule has 2 rings (SSSR count). The number of carbonyl (C=O) groups excluding carboxylic acids is 3. The summed E-state index contributed by atoms with van der Waals surface area (Å²) >= 11 is 5.60. The second-order valence-corrected chi connectivity index (χ2v) is 7.34. The van der Waals surface area contributed by atoms with Crippen molar-refractivity contribution in [3.05, 3.63) is 64.7 Å². The molecule has 0 spiro atoms. The maximum Gasteiger partial charge on any atom is 0.418 e. The molecular formula is C21H20ClF3N2O4. The van der Waals surface area contributed by atoms with E-state index in [1.54, 1.807) is 44.2 Å². The molecule has 1 atom stereocenters. The highest BCUT2D eigenvalue weighted by Gasteiger charge is 2.34. The highest BCUT2D eigenvalue weighted by Crippen LogP contribution is 2.36. The number of benzene rings is 2. The highest BCUT2D eigenvalue weighted by atomic mass is 35.5. The molecule has 0 aromatic heterocycles. The summed E-state index contributed by atoms with van der Waals surface area (Å²) in [7, 11) is 0. The summed E-state index contributed by atoms with van der Waals surface area (Å²) in [6.45, 7) is 2.50. The van der Waals surface area contributed by atoms with Crippen LogP contribution in [-0.2, 0) is 20.5 Å². The van der Waals surface area contributed by atoms with Gasteiger partial charge in [-0.25, -0.2) is 4.79 Å². The van der Waals surface area contributed by atoms with Crippen LogP contribution in [0.5, 0.6) is 0 Å². The Labute approximate surface area is 181 Å². The number of anilines is 1. The summed E-state index contributed by atoms with van der Waals surface area (Å²) in [5.41, 5.74) is -1.31. The van der Waals surface area contributed by atoms with Crippen molar-refractivity contribution in [1.82, 2.24) is 5.32 Å². The number of rotatable bonds is 7. The van der Waals surface area contributed by atoms with E-state index >= 15 is 0 Å². The van der Waals surface area contributed by atoms with Crippen molar-refractivity contribution in [3.63, 3.8) is 0 Å². The first kappa shape index (κ1) is 24.2. The first-order valence-electron chi connectivity index (χ1n) is 9.18. The smallest absolute Gasteiger partial charge is 0.418 e. The van der Waals surface area contributed by atoms with Gasteiger partial charge in [-0.2, -0.15) is 13.2 Å². The molecule has 2 aromatic carbocycles. The summed E-state index contributed by atoms with van der Waals surface area (Å²) in [6.07, 6.45) is -4.74. The molecule has 0 aliphatic carbocycles. The number of nitrogens with one attached hydrogen (secondary N) is 2. The third-order valence-corrected chi connectivity index (χ3v) is 4.38. The molecule has 0 heterocycles. The number of amides is 2. The molecule has 10 heteroatoms. The van der Waals surface area contributed by atoms with E-state index in [9.17, 15) is 27.6 Å². The lowest BCUT2D eigenvalue weighted by atomic mass is 10.0. The third-order valence-electron chi connectivity index (χ3n) is 4.15. The molecule has 0 aliphatic rings. The molecule has 0 radical (unpaired) electrons. The normalized spacial score (nSPS) is 12.2. The zero-order valence-corrected chi connectivity index (χ0v) is 17.4. The molecule has 6 nitrogen and oxygen atoms in total. The summed E-state index contributed by atoms with van der Waals surface area (Å²) < 4.78 is 44.3. The van der Waals surface area contributed by atoms with Crippen LogP contribution in [-0.4, -0.2) is 30.4 Å². The number of hydrogen-bond donors (Lipinski definition) is 2. The largest absolute Gasteiger partial charge is 0.454 e. The standard InChI is InChI=1S/C21H20ClF3N2O4/c1-12(2)18(27-19(29)13-6-4-3-5-7-13)20(30)31-11-17(28)26-16-9-8-14(22)10-15(16)21(23,24)25/h3-10,12,18H,11H2,1-2H3,(H,26,28)(H,27,29)/t18-/m1/s1. The number of ether oxygens (including phenoxy) is 1. The molecule has 0 fully saturated rings. The predicted molar refractivity (Wildman–Crippen MR) is 109 cm³/mol. The maximum atomic E-state index is 13.1. The molecule has 0 aliphatic heterocycles. The molecule has 0 saturated carbocycles. The topological polar surface area (TPSA) is 84.5 Å². The third kappa shape index (κ3) is 6.99. The van der Waals surface area contributed by atoms with Gasteiger partial charge < -0.3 is 15.4 Å². The summed E-state index contributed by atoms with van der Waals surface area (Å²) in [5.74, 6) is -2.73. The van der Waals surface area contributed by atoms with E-state index in [1.807, 2.05) is 0 Å². The van der Waals surface area contributed by atoms with Crippen molar-refractivity contribution in [3.8, 4) is 0 Å². The van der Waals surface area contributed by atoms with Crippen LogP contribution >= 0.6 is 11.6 Å². The van der Waals surface area contributed by atoms with Crippen molar-refractivity contribution in [1.29, 1.82) is 0 Å². The van der Waals surface area contributed by atoms with E-state index in [2.05, 4.69) is 10.6 Å². The first-order chi connectivity index (χ1) is 14.5. The van der Waals surface area contributed by atoms with Crippen LogP contribution in [0.25, 0.3) is 0 Å². The number of halogens is 4. The Kier molecular flexibility index (Phi) is 8.04. The Hall–Kier alpha value is -3.07. The Morgan fingerprint density at radius 3 is 2.29 bits per heavy atom. The minimum Gasteiger partial charge on any atom is -0.454 e. The van der Waals surface area contributed by atoms with Gasteiger partial charge >= 0.3 is 12.1 Å². The van der Waals surface area contributed by atoms with Crippen LogP contribution in [0.15, 0.2) is 48.5 Å². The molecule has 2 amide bonds. The van der Waals surface area contributed by atoms with Crippen LogP contribution in [0.1, 0.15) is 29.8 Å². The van der Waals surface area contributed by atoms with Gasteiger partial charge in [0.05, 0.1) is 11.3 Å². The summed E-state index contributed by atoms with van der Waals surface area (Å²) in [5, 5.41) is 4.44. The van der Waals surface area contributed by atoms with Crippen molar-refractivity contribution < 1.29 is 32.3 Å². The average molecular weight is 457 g/mol. The number of alkyl halides is 3. The minimum atomic E-state index is -4.74. The zero-order chi connectivity index (χ0) is 23.2. The van der Waals surface area contributed by atoms with E-state index in [0.29, 0.717) is 11.6 Å². The molecule has 166 valence electrons. The molecule has 0 unspecified atom stereocenters. The van der Waals surface area contributed by atoms with Gasteiger partial charge in [0.1, 0.15) is 6.04 Å². The van der Waals surface area contributed by atoms with Crippen LogP contribution in [0, 0.1) is 5.92 Å². The van der Waals surface area contributed by atoms with Gasteiger partial charge in [-0.05, 0) is 36.2 Å². The van der Waals surface area contributed by atoms with Gasteiger partial charge in [0.25, 0.3) is 11.8 Å². The van der Waals surface area contributed by atoms with Crippen molar-refractivity contribution in [2.75, 3.05) is 11.9 Å². The van der Waals surface area contributed by atoms with Crippen LogP contribution in [0.2, 0.25) is 5.02 Å². The predicted octanol–water partition coefficient (Wildman–Crippen LogP) is 4.30. The Bertz CT molecular complexity index is 949. The van der Waals surface area contributed by atoms with Crippen molar-refractivity contribution in [2.45, 2.75) is 26.1 Å². The van der Waals surface area contributed by atoms with Crippen LogP contribution < -0.4 is 10.6 Å². The van der Waals surface area contributed by atoms with E-state index in [1.165, 1.54) is 6.07 Å². The molecule has 2 N–H and O–H groups in total. The van der Waals surface area contributed by atoms with Crippen molar-refractivity contribution in [2.24, 2.45) is 5.92 Å². The second-order valence-electron chi connectivity index (χ2n) is 6.90. The fourth-order valence-electron chi connectivity index (χ4n) is 2.58. The zero-order valence-electron chi connectivity index (χ0n) is 16.6. The molecule has 0 bridgehead atoms. The lowest BCUT2D eigenvalue weighted by Crippen LogP contribution is -2.45. The van der Waals surface area contributed by atoms with E-state index in [0.717, 1.165) is 6.07 Å². The lowest BCUT2D eigenvalue weighted by Gasteiger charge is -2.21. The van der Waals surface area contributed by atoms with Gasteiger partial charge in [0.2, 0.25) is 0 Å². The van der Waals surface area contributed by atoms with E-state index < -0.39 is 47.9 Å². The maximum absolute atomic E-state index is 13.1. The molecule has 31 heavy (non-hydrogen) atoms. The van der Waals surface area contributed by atoms with Gasteiger partial charge in [0.15, 0.2) is 6.61 Å². The monoisotopic (exact) mass is 456 g/mol. The van der Waals surface area contributed by atoms with Crippen LogP contribution in [0.3, 0.4) is 0 Å². The number of hydrogen-bond acceptors (Lipinski definition) is 4. The quantitative estimate of drug-likeness (QED) is 0.608. The molecule has 2 aromatic rings. The second kappa shape index (κ2) is 10.3. The Morgan fingerprint density at radius 2 is 1.71 bits per heavy atom. The van der Waals surface area contributed by atoms with Gasteiger partial charge in [-0.3, -0.25) is 9.59 Å². The number of carbonyl (C=O) groups is 3. The Morgan fingerprint density at radius 1 is 1.06 bits per heavy atom. The molecular weight excluding hydrogens is 437 g/mol. The average Bonchev–Trinajstić information content (AvgIpc) is 2.71. The minimum absolute atomic E-state index is 0.148. The Balaban J connectivity index is 2.00. The number of esters is 1.